The van der Waals surface area contributed by atoms with E-state index in [0.29, 0.717) is 25.6 Å². The summed E-state index contributed by atoms with van der Waals surface area (Å²) in [6.07, 6.45) is 8.15. The molecule has 2 unspecified atom stereocenters. The predicted molar refractivity (Wildman–Crippen MR) is 126 cm³/mol. The van der Waals surface area contributed by atoms with Gasteiger partial charge in [0.15, 0.2) is 0 Å². The van der Waals surface area contributed by atoms with Gasteiger partial charge in [-0.2, -0.15) is 0 Å². The van der Waals surface area contributed by atoms with Gasteiger partial charge in [0, 0.05) is 31.2 Å². The lowest BCUT2D eigenvalue weighted by atomic mass is 9.74. The largest absolute Gasteiger partial charge is 0.489 e. The first kappa shape index (κ1) is 23.8. The summed E-state index contributed by atoms with van der Waals surface area (Å²) in [4.78, 5) is 32.8. The number of nitrogens with zero attached hydrogens (tertiary/aromatic N) is 2. The SMILES string of the molecule is CC(C)C1(C(=O)N2CCc3ncc(OC4CCC4)cc3C2)CCC(NC(=O)OC(C)(C)C)C1. The Labute approximate surface area is 197 Å². The summed E-state index contributed by atoms with van der Waals surface area (Å²) < 4.78 is 11.5. The highest BCUT2D eigenvalue weighted by Gasteiger charge is 2.50. The standard InChI is InChI=1S/C26H39N3O4/c1-17(2)26(11-9-19(14-26)28-24(31)33-25(3,4)5)23(30)29-12-10-22-18(16-29)13-21(15-27-22)32-20-7-6-8-20/h13,15,17,19-20H,6-12,14,16H2,1-5H3,(H,28,31). The van der Waals surface area contributed by atoms with Crippen LogP contribution in [0.1, 0.15) is 84.4 Å². The highest BCUT2D eigenvalue weighted by molar-refractivity contribution is 5.84. The first-order chi connectivity index (χ1) is 15.6. The van der Waals surface area contributed by atoms with Gasteiger partial charge in [-0.3, -0.25) is 9.78 Å². The van der Waals surface area contributed by atoms with Gasteiger partial charge >= 0.3 is 6.09 Å². The average molecular weight is 458 g/mol. The number of amides is 2. The van der Waals surface area contributed by atoms with E-state index in [2.05, 4.69) is 30.2 Å². The van der Waals surface area contributed by atoms with Crippen molar-refractivity contribution < 1.29 is 19.1 Å². The number of hydrogen-bond acceptors (Lipinski definition) is 5. The minimum Gasteiger partial charge on any atom is -0.489 e. The van der Waals surface area contributed by atoms with Crippen LogP contribution in [0.5, 0.6) is 5.75 Å². The second-order valence-corrected chi connectivity index (χ2v) is 11.3. The molecule has 1 N–H and O–H groups in total. The molecule has 2 fully saturated rings. The predicted octanol–water partition coefficient (Wildman–Crippen LogP) is 4.62. The Balaban J connectivity index is 1.43. The third kappa shape index (κ3) is 5.28. The summed E-state index contributed by atoms with van der Waals surface area (Å²) in [5.74, 6) is 1.19. The molecule has 7 heteroatoms. The zero-order valence-electron chi connectivity index (χ0n) is 20.8. The van der Waals surface area contributed by atoms with E-state index < -0.39 is 17.1 Å². The molecule has 2 heterocycles. The maximum atomic E-state index is 13.9. The molecule has 4 rings (SSSR count). The van der Waals surface area contributed by atoms with Crippen LogP contribution in [0.3, 0.4) is 0 Å². The van der Waals surface area contributed by atoms with E-state index in [1.54, 1.807) is 0 Å². The molecule has 1 aliphatic heterocycles. The minimum atomic E-state index is -0.538. The Morgan fingerprint density at radius 3 is 2.64 bits per heavy atom. The number of aromatic nitrogens is 1. The van der Waals surface area contributed by atoms with Crippen molar-refractivity contribution >= 4 is 12.0 Å². The highest BCUT2D eigenvalue weighted by atomic mass is 16.6. The van der Waals surface area contributed by atoms with E-state index in [1.807, 2.05) is 31.9 Å². The fraction of sp³-hybridized carbons (Fsp3) is 0.731. The van der Waals surface area contributed by atoms with Gasteiger partial charge < -0.3 is 19.7 Å². The van der Waals surface area contributed by atoms with E-state index >= 15 is 0 Å². The summed E-state index contributed by atoms with van der Waals surface area (Å²) >= 11 is 0. The molecule has 33 heavy (non-hydrogen) atoms. The summed E-state index contributed by atoms with van der Waals surface area (Å²) in [6, 6.07) is 2.02. The molecule has 2 saturated carbocycles. The molecule has 0 spiro atoms. The summed E-state index contributed by atoms with van der Waals surface area (Å²) in [5.41, 5.74) is 1.15. The summed E-state index contributed by atoms with van der Waals surface area (Å²) in [7, 11) is 0. The molecule has 2 aliphatic carbocycles. The molecule has 0 radical (unpaired) electrons. The van der Waals surface area contributed by atoms with Crippen LogP contribution in [0, 0.1) is 11.3 Å². The van der Waals surface area contributed by atoms with Crippen LogP contribution < -0.4 is 10.1 Å². The Hall–Kier alpha value is -2.31. The van der Waals surface area contributed by atoms with Crippen molar-refractivity contribution in [2.45, 2.75) is 104 Å². The number of alkyl carbamates (subject to hydrolysis) is 1. The molecule has 0 saturated heterocycles. The maximum absolute atomic E-state index is 13.9. The van der Waals surface area contributed by atoms with Crippen molar-refractivity contribution in [3.05, 3.63) is 23.5 Å². The number of rotatable bonds is 5. The van der Waals surface area contributed by atoms with Crippen LogP contribution in [0.4, 0.5) is 4.79 Å². The fourth-order valence-corrected chi connectivity index (χ4v) is 5.28. The third-order valence-corrected chi connectivity index (χ3v) is 7.46. The molecular formula is C26H39N3O4. The zero-order valence-corrected chi connectivity index (χ0v) is 20.8. The quantitative estimate of drug-likeness (QED) is 0.698. The molecule has 1 aromatic rings. The van der Waals surface area contributed by atoms with E-state index in [4.69, 9.17) is 9.47 Å². The molecule has 0 aromatic carbocycles. The van der Waals surface area contributed by atoms with Crippen molar-refractivity contribution in [2.24, 2.45) is 11.3 Å². The number of pyridine rings is 1. The number of nitrogens with one attached hydrogen (secondary N) is 1. The minimum absolute atomic E-state index is 0.0487. The molecule has 2 atom stereocenters. The van der Waals surface area contributed by atoms with Gasteiger partial charge in [0.1, 0.15) is 11.4 Å². The lowest BCUT2D eigenvalue weighted by Gasteiger charge is -2.39. The van der Waals surface area contributed by atoms with Gasteiger partial charge in [0.25, 0.3) is 0 Å². The smallest absolute Gasteiger partial charge is 0.407 e. The van der Waals surface area contributed by atoms with Gasteiger partial charge in [0.2, 0.25) is 5.91 Å². The molecule has 0 bridgehead atoms. The van der Waals surface area contributed by atoms with Crippen LogP contribution in [0.2, 0.25) is 0 Å². The number of ether oxygens (including phenoxy) is 2. The van der Waals surface area contributed by atoms with Crippen LogP contribution in [-0.2, 0) is 22.5 Å². The monoisotopic (exact) mass is 457 g/mol. The normalized spacial score (nSPS) is 25.4. The lowest BCUT2D eigenvalue weighted by molar-refractivity contribution is -0.145. The second-order valence-electron chi connectivity index (χ2n) is 11.3. The van der Waals surface area contributed by atoms with Crippen LogP contribution in [0.15, 0.2) is 12.3 Å². The summed E-state index contributed by atoms with van der Waals surface area (Å²) in [5, 5.41) is 3.00. The molecule has 2 amide bonds. The molecule has 1 aromatic heterocycles. The number of hydrogen-bond donors (Lipinski definition) is 1. The highest BCUT2D eigenvalue weighted by Crippen LogP contribution is 2.46. The fourth-order valence-electron chi connectivity index (χ4n) is 5.28. The van der Waals surface area contributed by atoms with Crippen molar-refractivity contribution in [2.75, 3.05) is 6.54 Å². The average Bonchev–Trinajstić information content (AvgIpc) is 3.13. The van der Waals surface area contributed by atoms with Crippen molar-refractivity contribution in [3.8, 4) is 5.75 Å². The van der Waals surface area contributed by atoms with Crippen LogP contribution in [-0.4, -0.2) is 46.2 Å². The molecular weight excluding hydrogens is 418 g/mol. The Bertz CT molecular complexity index is 890. The zero-order chi connectivity index (χ0) is 23.8. The number of carbonyl (C=O) groups is 2. The lowest BCUT2D eigenvalue weighted by Crippen LogP contribution is -2.48. The molecule has 3 aliphatic rings. The van der Waals surface area contributed by atoms with E-state index in [0.717, 1.165) is 49.1 Å². The van der Waals surface area contributed by atoms with E-state index in [1.165, 1.54) is 6.42 Å². The van der Waals surface area contributed by atoms with Crippen LogP contribution in [0.25, 0.3) is 0 Å². The van der Waals surface area contributed by atoms with Gasteiger partial charge in [-0.1, -0.05) is 13.8 Å². The van der Waals surface area contributed by atoms with Gasteiger partial charge in [-0.15, -0.1) is 0 Å². The van der Waals surface area contributed by atoms with Crippen molar-refractivity contribution in [1.82, 2.24) is 15.2 Å². The maximum Gasteiger partial charge on any atom is 0.407 e. The van der Waals surface area contributed by atoms with Crippen molar-refractivity contribution in [3.63, 3.8) is 0 Å². The number of carbonyl (C=O) groups excluding carboxylic acids is 2. The van der Waals surface area contributed by atoms with Gasteiger partial charge in [-0.25, -0.2) is 4.79 Å². The molecule has 182 valence electrons. The van der Waals surface area contributed by atoms with Crippen LogP contribution >= 0.6 is 0 Å². The first-order valence-corrected chi connectivity index (χ1v) is 12.5. The van der Waals surface area contributed by atoms with Gasteiger partial charge in [0.05, 0.1) is 17.7 Å². The Morgan fingerprint density at radius 2 is 2.00 bits per heavy atom. The van der Waals surface area contributed by atoms with E-state index in [-0.39, 0.29) is 17.9 Å². The number of fused-ring (bicyclic) bond motifs is 1. The third-order valence-electron chi connectivity index (χ3n) is 7.46. The second kappa shape index (κ2) is 9.15. The Kier molecular flexibility index (Phi) is 6.61. The topological polar surface area (TPSA) is 80.8 Å². The molecule has 7 nitrogen and oxygen atoms in total. The summed E-state index contributed by atoms with van der Waals surface area (Å²) in [6.45, 7) is 11.1. The van der Waals surface area contributed by atoms with E-state index in [9.17, 15) is 9.59 Å². The first-order valence-electron chi connectivity index (χ1n) is 12.5. The van der Waals surface area contributed by atoms with Gasteiger partial charge in [-0.05, 0) is 76.8 Å². The van der Waals surface area contributed by atoms with Crippen molar-refractivity contribution in [1.29, 1.82) is 0 Å². The Morgan fingerprint density at radius 1 is 1.24 bits per heavy atom.